The van der Waals surface area contributed by atoms with E-state index in [0.29, 0.717) is 23.9 Å². The van der Waals surface area contributed by atoms with Crippen molar-refractivity contribution in [3.05, 3.63) is 71.3 Å². The number of nitrogens with zero attached hydrogens (tertiary/aromatic N) is 7. The third kappa shape index (κ3) is 3.62. The molecule has 3 atom stereocenters. The number of hydrogen-bond donors (Lipinski definition) is 0. The van der Waals surface area contributed by atoms with Gasteiger partial charge in [0, 0.05) is 37.6 Å². The average Bonchev–Trinajstić information content (AvgIpc) is 3.50. The molecule has 9 nitrogen and oxygen atoms in total. The average molecular weight is 482 g/mol. The standard InChI is InChI=1S/C27H27N7O2/c1-15-12-29-23-20(16(15)2)9-10-34(24(23)22-11-18-7-5-6-8-19(18)13-28-22)27(35)26-31-30-25(36-26)21-14-33(4)32-17(21)3/h5-8,11-16,24H,9-10H2,1-4H3/t15?,16?,24-/m1/s1. The zero-order valence-electron chi connectivity index (χ0n) is 20.7. The highest BCUT2D eigenvalue weighted by Gasteiger charge is 2.40. The van der Waals surface area contributed by atoms with Crippen LogP contribution in [0.25, 0.3) is 22.2 Å². The molecule has 9 heteroatoms. The second-order valence-corrected chi connectivity index (χ2v) is 9.66. The van der Waals surface area contributed by atoms with Crippen molar-refractivity contribution in [1.29, 1.82) is 0 Å². The zero-order valence-corrected chi connectivity index (χ0v) is 20.7. The number of aliphatic imine (C=N–C) groups is 1. The number of aromatic nitrogens is 5. The predicted molar refractivity (Wildman–Crippen MR) is 135 cm³/mol. The number of hydrogen-bond acceptors (Lipinski definition) is 7. The molecule has 6 rings (SSSR count). The van der Waals surface area contributed by atoms with Gasteiger partial charge < -0.3 is 9.32 Å². The Balaban J connectivity index is 1.42. The third-order valence-corrected chi connectivity index (χ3v) is 7.35. The zero-order chi connectivity index (χ0) is 25.0. The van der Waals surface area contributed by atoms with E-state index in [2.05, 4.69) is 35.2 Å². The first-order valence-corrected chi connectivity index (χ1v) is 12.2. The Labute approximate surface area is 208 Å². The van der Waals surface area contributed by atoms with E-state index in [-0.39, 0.29) is 17.7 Å². The molecule has 0 saturated heterocycles. The van der Waals surface area contributed by atoms with Gasteiger partial charge in [-0.25, -0.2) is 0 Å². The fourth-order valence-corrected chi connectivity index (χ4v) is 5.20. The second kappa shape index (κ2) is 8.51. The minimum absolute atomic E-state index is 0.0516. The Morgan fingerprint density at radius 1 is 1.14 bits per heavy atom. The van der Waals surface area contributed by atoms with Gasteiger partial charge in [0.1, 0.15) is 6.04 Å². The lowest BCUT2D eigenvalue weighted by atomic mass is 9.80. The molecule has 0 fully saturated rings. The molecule has 182 valence electrons. The Morgan fingerprint density at radius 2 is 1.94 bits per heavy atom. The maximum absolute atomic E-state index is 13.8. The lowest BCUT2D eigenvalue weighted by Crippen LogP contribution is -2.42. The molecule has 0 aliphatic carbocycles. The molecule has 1 aromatic carbocycles. The number of pyridine rings is 1. The van der Waals surface area contributed by atoms with E-state index in [4.69, 9.17) is 14.4 Å². The molecule has 0 N–H and O–H groups in total. The summed E-state index contributed by atoms with van der Waals surface area (Å²) < 4.78 is 7.55. The number of benzene rings is 1. The SMILES string of the molecule is Cc1nn(C)cc1-c1nnc(C(=O)N2CCC3=C(N=CC(C)C3C)[C@H]2c2cc3ccccc3cn2)o1. The molecule has 0 saturated carbocycles. The van der Waals surface area contributed by atoms with Crippen molar-refractivity contribution < 1.29 is 9.21 Å². The van der Waals surface area contributed by atoms with E-state index < -0.39 is 6.04 Å². The third-order valence-electron chi connectivity index (χ3n) is 7.35. The van der Waals surface area contributed by atoms with Gasteiger partial charge in [0.25, 0.3) is 5.89 Å². The van der Waals surface area contributed by atoms with Gasteiger partial charge in [0.2, 0.25) is 0 Å². The highest BCUT2D eigenvalue weighted by molar-refractivity contribution is 5.91. The smallest absolute Gasteiger partial charge is 0.312 e. The van der Waals surface area contributed by atoms with Gasteiger partial charge in [-0.3, -0.25) is 19.5 Å². The predicted octanol–water partition coefficient (Wildman–Crippen LogP) is 4.52. The summed E-state index contributed by atoms with van der Waals surface area (Å²) in [7, 11) is 1.83. The van der Waals surface area contributed by atoms with Crippen molar-refractivity contribution >= 4 is 22.9 Å². The van der Waals surface area contributed by atoms with E-state index in [0.717, 1.165) is 34.3 Å². The Morgan fingerprint density at radius 3 is 2.72 bits per heavy atom. The van der Waals surface area contributed by atoms with Crippen molar-refractivity contribution in [2.75, 3.05) is 6.54 Å². The van der Waals surface area contributed by atoms with Crippen molar-refractivity contribution in [3.8, 4) is 11.5 Å². The minimum atomic E-state index is -0.437. The molecule has 36 heavy (non-hydrogen) atoms. The van der Waals surface area contributed by atoms with Crippen LogP contribution >= 0.6 is 0 Å². The van der Waals surface area contributed by atoms with Crippen LogP contribution < -0.4 is 0 Å². The summed E-state index contributed by atoms with van der Waals surface area (Å²) in [6.45, 7) is 6.80. The van der Waals surface area contributed by atoms with Crippen molar-refractivity contribution in [1.82, 2.24) is 29.9 Å². The molecule has 4 aromatic rings. The van der Waals surface area contributed by atoms with E-state index in [9.17, 15) is 4.79 Å². The molecular formula is C27H27N7O2. The van der Waals surface area contributed by atoms with Crippen LogP contribution in [-0.4, -0.2) is 48.5 Å². The first-order chi connectivity index (χ1) is 17.4. The highest BCUT2D eigenvalue weighted by Crippen LogP contribution is 2.43. The van der Waals surface area contributed by atoms with Crippen LogP contribution in [0.1, 0.15) is 48.4 Å². The first-order valence-electron chi connectivity index (χ1n) is 12.2. The fourth-order valence-electron chi connectivity index (χ4n) is 5.20. The molecule has 2 unspecified atom stereocenters. The van der Waals surface area contributed by atoms with Gasteiger partial charge in [-0.1, -0.05) is 38.1 Å². The number of carbonyl (C=O) groups is 1. The van der Waals surface area contributed by atoms with Crippen LogP contribution in [0.5, 0.6) is 0 Å². The number of carbonyl (C=O) groups excluding carboxylic acids is 1. The van der Waals surface area contributed by atoms with E-state index in [1.807, 2.05) is 50.6 Å². The Hall–Kier alpha value is -4.14. The maximum atomic E-state index is 13.8. The normalized spacial score (nSPS) is 21.8. The summed E-state index contributed by atoms with van der Waals surface area (Å²) in [6, 6.07) is 9.69. The van der Waals surface area contributed by atoms with Crippen LogP contribution in [0, 0.1) is 18.8 Å². The van der Waals surface area contributed by atoms with Gasteiger partial charge in [-0.05, 0) is 42.2 Å². The largest absolute Gasteiger partial charge is 0.412 e. The van der Waals surface area contributed by atoms with Gasteiger partial charge in [-0.15, -0.1) is 10.2 Å². The molecule has 0 spiro atoms. The van der Waals surface area contributed by atoms with Crippen LogP contribution in [0.3, 0.4) is 0 Å². The summed E-state index contributed by atoms with van der Waals surface area (Å²) >= 11 is 0. The molecule has 0 bridgehead atoms. The lowest BCUT2D eigenvalue weighted by Gasteiger charge is -2.40. The van der Waals surface area contributed by atoms with Crippen LogP contribution in [0.4, 0.5) is 0 Å². The topological polar surface area (TPSA) is 102 Å². The van der Waals surface area contributed by atoms with Crippen LogP contribution in [0.2, 0.25) is 0 Å². The lowest BCUT2D eigenvalue weighted by molar-refractivity contribution is 0.0641. The van der Waals surface area contributed by atoms with E-state index in [1.165, 1.54) is 5.57 Å². The quantitative estimate of drug-likeness (QED) is 0.426. The van der Waals surface area contributed by atoms with Crippen LogP contribution in [-0.2, 0) is 7.05 Å². The summed E-state index contributed by atoms with van der Waals surface area (Å²) in [6.07, 6.45) is 6.39. The van der Waals surface area contributed by atoms with Gasteiger partial charge in [-0.2, -0.15) is 5.10 Å². The number of rotatable bonds is 3. The van der Waals surface area contributed by atoms with Crippen molar-refractivity contribution in [2.24, 2.45) is 23.9 Å². The van der Waals surface area contributed by atoms with E-state index in [1.54, 1.807) is 15.8 Å². The van der Waals surface area contributed by atoms with Crippen molar-refractivity contribution in [3.63, 3.8) is 0 Å². The summed E-state index contributed by atoms with van der Waals surface area (Å²) in [5.41, 5.74) is 4.42. The number of fused-ring (bicyclic) bond motifs is 1. The molecular weight excluding hydrogens is 454 g/mol. The van der Waals surface area contributed by atoms with Crippen LogP contribution in [0.15, 0.2) is 63.4 Å². The Kier molecular flexibility index (Phi) is 5.28. The monoisotopic (exact) mass is 481 g/mol. The van der Waals surface area contributed by atoms with E-state index >= 15 is 0 Å². The molecule has 5 heterocycles. The second-order valence-electron chi connectivity index (χ2n) is 9.66. The van der Waals surface area contributed by atoms with Crippen molar-refractivity contribution in [2.45, 2.75) is 33.2 Å². The molecule has 0 radical (unpaired) electrons. The Bertz CT molecular complexity index is 1550. The molecule has 2 aliphatic rings. The van der Waals surface area contributed by atoms with Gasteiger partial charge >= 0.3 is 11.8 Å². The van der Waals surface area contributed by atoms with Gasteiger partial charge in [0.15, 0.2) is 0 Å². The molecule has 2 aliphatic heterocycles. The summed E-state index contributed by atoms with van der Waals surface area (Å²) in [5.74, 6) is 0.589. The highest BCUT2D eigenvalue weighted by atomic mass is 16.4. The van der Waals surface area contributed by atoms with Gasteiger partial charge in [0.05, 0.1) is 22.6 Å². The fraction of sp³-hybridized carbons (Fsp3) is 0.333. The number of aryl methyl sites for hydroxylation is 2. The molecule has 1 amide bonds. The molecule has 3 aromatic heterocycles. The maximum Gasteiger partial charge on any atom is 0.312 e. The first kappa shape index (κ1) is 22.3. The number of amides is 1. The summed E-state index contributed by atoms with van der Waals surface area (Å²) in [5, 5.41) is 14.7. The minimum Gasteiger partial charge on any atom is -0.412 e. The summed E-state index contributed by atoms with van der Waals surface area (Å²) in [4.78, 5) is 25.2.